The van der Waals surface area contributed by atoms with Crippen molar-refractivity contribution >= 4 is 33.4 Å². The fraction of sp³-hybridized carbons (Fsp3) is 0.333. The van der Waals surface area contributed by atoms with Crippen LogP contribution in [0, 0.1) is 13.8 Å². The van der Waals surface area contributed by atoms with Gasteiger partial charge in [-0.1, -0.05) is 23.7 Å². The Morgan fingerprint density at radius 2 is 1.96 bits per heavy atom. The molecule has 0 aliphatic carbocycles. The maximum atomic E-state index is 13.3. The number of sulfonamides is 1. The molecule has 1 aliphatic rings. The summed E-state index contributed by atoms with van der Waals surface area (Å²) in [7, 11) is -2.03. The lowest BCUT2D eigenvalue weighted by molar-refractivity contribution is 0.410. The lowest BCUT2D eigenvalue weighted by Crippen LogP contribution is -2.31. The van der Waals surface area contributed by atoms with Gasteiger partial charge in [0.25, 0.3) is 0 Å². The first-order chi connectivity index (χ1) is 11.8. The number of halogens is 1. The third-order valence-corrected chi connectivity index (χ3v) is 7.90. The highest BCUT2D eigenvalue weighted by Crippen LogP contribution is 2.42. The first kappa shape index (κ1) is 18.6. The molecule has 0 saturated carbocycles. The van der Waals surface area contributed by atoms with E-state index in [-0.39, 0.29) is 5.37 Å². The fourth-order valence-electron chi connectivity index (χ4n) is 3.01. The molecule has 0 aromatic heterocycles. The normalized spacial score (nSPS) is 18.5. The van der Waals surface area contributed by atoms with E-state index in [0.717, 1.165) is 16.9 Å². The minimum Gasteiger partial charge on any atom is -0.496 e. The van der Waals surface area contributed by atoms with Crippen molar-refractivity contribution in [1.29, 1.82) is 0 Å². The van der Waals surface area contributed by atoms with Gasteiger partial charge in [-0.15, -0.1) is 11.8 Å². The van der Waals surface area contributed by atoms with Crippen LogP contribution in [0.4, 0.5) is 0 Å². The first-order valence-electron chi connectivity index (χ1n) is 7.88. The van der Waals surface area contributed by atoms with E-state index in [9.17, 15) is 8.42 Å². The van der Waals surface area contributed by atoms with E-state index in [2.05, 4.69) is 0 Å². The summed E-state index contributed by atoms with van der Waals surface area (Å²) in [4.78, 5) is 0.334. The van der Waals surface area contributed by atoms with Crippen molar-refractivity contribution in [3.8, 4) is 5.75 Å². The number of nitrogens with zero attached hydrogens (tertiary/aromatic N) is 1. The summed E-state index contributed by atoms with van der Waals surface area (Å²) in [6.07, 6.45) is 0. The molecule has 25 heavy (non-hydrogen) atoms. The Kier molecular flexibility index (Phi) is 5.34. The van der Waals surface area contributed by atoms with Gasteiger partial charge in [-0.3, -0.25) is 0 Å². The van der Waals surface area contributed by atoms with Crippen LogP contribution in [0.2, 0.25) is 5.02 Å². The monoisotopic (exact) mass is 397 g/mol. The van der Waals surface area contributed by atoms with Crippen LogP contribution in [0.5, 0.6) is 5.75 Å². The molecule has 0 amide bonds. The van der Waals surface area contributed by atoms with Crippen molar-refractivity contribution in [3.05, 3.63) is 58.1 Å². The Labute approximate surface area is 158 Å². The molecule has 1 heterocycles. The highest BCUT2D eigenvalue weighted by molar-refractivity contribution is 8.01. The number of ether oxygens (including phenoxy) is 1. The van der Waals surface area contributed by atoms with Gasteiger partial charge in [0.15, 0.2) is 0 Å². The summed E-state index contributed by atoms with van der Waals surface area (Å²) in [5, 5.41) is 0.351. The Morgan fingerprint density at radius 1 is 1.20 bits per heavy atom. The van der Waals surface area contributed by atoms with E-state index in [1.165, 1.54) is 0 Å². The number of hydrogen-bond donors (Lipinski definition) is 0. The molecule has 134 valence electrons. The molecule has 0 N–H and O–H groups in total. The molecule has 0 radical (unpaired) electrons. The van der Waals surface area contributed by atoms with E-state index in [0.29, 0.717) is 27.8 Å². The number of thioether (sulfide) groups is 1. The van der Waals surface area contributed by atoms with Crippen LogP contribution in [-0.4, -0.2) is 32.1 Å². The molecule has 1 unspecified atom stereocenters. The Hall–Kier alpha value is -1.21. The van der Waals surface area contributed by atoms with Crippen molar-refractivity contribution in [3.63, 3.8) is 0 Å². The molecule has 1 saturated heterocycles. The van der Waals surface area contributed by atoms with Gasteiger partial charge in [0.2, 0.25) is 10.0 Å². The molecule has 2 aromatic rings. The van der Waals surface area contributed by atoms with Crippen LogP contribution < -0.4 is 4.74 Å². The number of aryl methyl sites for hydroxylation is 2. The molecule has 1 fully saturated rings. The van der Waals surface area contributed by atoms with Crippen LogP contribution in [0.25, 0.3) is 0 Å². The molecule has 7 heteroatoms. The summed E-state index contributed by atoms with van der Waals surface area (Å²) in [6, 6.07) is 10.9. The maximum Gasteiger partial charge on any atom is 0.244 e. The van der Waals surface area contributed by atoms with Gasteiger partial charge in [-0.05, 0) is 54.8 Å². The summed E-state index contributed by atoms with van der Waals surface area (Å²) < 4.78 is 33.5. The van der Waals surface area contributed by atoms with Crippen LogP contribution in [0.3, 0.4) is 0 Å². The third-order valence-electron chi connectivity index (χ3n) is 4.26. The van der Waals surface area contributed by atoms with Crippen molar-refractivity contribution in [1.82, 2.24) is 4.31 Å². The number of rotatable bonds is 4. The lowest BCUT2D eigenvalue weighted by atomic mass is 10.1. The van der Waals surface area contributed by atoms with E-state index in [1.807, 2.05) is 25.1 Å². The Bertz CT molecular complexity index is 899. The lowest BCUT2D eigenvalue weighted by Gasteiger charge is -2.25. The second kappa shape index (κ2) is 7.19. The minimum absolute atomic E-state index is 0.259. The van der Waals surface area contributed by atoms with E-state index < -0.39 is 10.0 Å². The van der Waals surface area contributed by atoms with Crippen LogP contribution in [-0.2, 0) is 10.0 Å². The van der Waals surface area contributed by atoms with Gasteiger partial charge in [0, 0.05) is 17.3 Å². The van der Waals surface area contributed by atoms with Gasteiger partial charge < -0.3 is 4.74 Å². The number of methoxy groups -OCH3 is 1. The molecule has 0 bridgehead atoms. The molecule has 1 aliphatic heterocycles. The molecule has 3 rings (SSSR count). The largest absolute Gasteiger partial charge is 0.496 e. The van der Waals surface area contributed by atoms with Gasteiger partial charge >= 0.3 is 0 Å². The zero-order valence-electron chi connectivity index (χ0n) is 14.3. The first-order valence-corrected chi connectivity index (χ1v) is 10.8. The van der Waals surface area contributed by atoms with Crippen LogP contribution >= 0.6 is 23.4 Å². The highest BCUT2D eigenvalue weighted by atomic mass is 35.5. The Balaban J connectivity index is 2.03. The molecular weight excluding hydrogens is 378 g/mol. The number of hydrogen-bond acceptors (Lipinski definition) is 4. The van der Waals surface area contributed by atoms with E-state index >= 15 is 0 Å². The molecule has 4 nitrogen and oxygen atoms in total. The van der Waals surface area contributed by atoms with Crippen molar-refractivity contribution < 1.29 is 13.2 Å². The summed E-state index contributed by atoms with van der Waals surface area (Å²) in [6.45, 7) is 4.13. The van der Waals surface area contributed by atoms with Gasteiger partial charge in [0.1, 0.15) is 5.75 Å². The summed E-state index contributed by atoms with van der Waals surface area (Å²) in [5.41, 5.74) is 2.39. The van der Waals surface area contributed by atoms with Crippen molar-refractivity contribution in [2.45, 2.75) is 24.1 Å². The summed E-state index contributed by atoms with van der Waals surface area (Å²) in [5.74, 6) is 1.45. The molecule has 0 spiro atoms. The second-order valence-corrected chi connectivity index (χ2v) is 9.46. The Morgan fingerprint density at radius 3 is 2.64 bits per heavy atom. The average Bonchev–Trinajstić information content (AvgIpc) is 3.07. The fourth-order valence-corrected chi connectivity index (χ4v) is 6.73. The zero-order valence-corrected chi connectivity index (χ0v) is 16.7. The molecule has 2 aromatic carbocycles. The van der Waals surface area contributed by atoms with E-state index in [4.69, 9.17) is 16.3 Å². The summed E-state index contributed by atoms with van der Waals surface area (Å²) >= 11 is 7.71. The second-order valence-electron chi connectivity index (χ2n) is 5.98. The average molecular weight is 398 g/mol. The minimum atomic E-state index is -3.61. The topological polar surface area (TPSA) is 46.6 Å². The zero-order chi connectivity index (χ0) is 18.2. The maximum absolute atomic E-state index is 13.3. The SMILES string of the molecule is COc1cc(C)c(S(=O)(=O)N2CCSC2c2cccc(Cl)c2)cc1C. The highest BCUT2D eigenvalue weighted by Gasteiger charge is 2.37. The quantitative estimate of drug-likeness (QED) is 0.767. The van der Waals surface area contributed by atoms with E-state index in [1.54, 1.807) is 48.3 Å². The molecule has 1 atom stereocenters. The van der Waals surface area contributed by atoms with Crippen molar-refractivity contribution in [2.75, 3.05) is 19.4 Å². The third kappa shape index (κ3) is 3.53. The smallest absolute Gasteiger partial charge is 0.244 e. The standard InChI is InChI=1S/C18H20ClNO3S2/c1-12-10-17(13(2)9-16(12)23-3)25(21,22)20-7-8-24-18(20)14-5-4-6-15(19)11-14/h4-6,9-11,18H,7-8H2,1-3H3. The van der Waals surface area contributed by atoms with Gasteiger partial charge in [-0.25, -0.2) is 8.42 Å². The number of benzene rings is 2. The van der Waals surface area contributed by atoms with Crippen molar-refractivity contribution in [2.24, 2.45) is 0 Å². The van der Waals surface area contributed by atoms with Gasteiger partial charge in [-0.2, -0.15) is 4.31 Å². The predicted octanol–water partition coefficient (Wildman–Crippen LogP) is 4.40. The molecular formula is C18H20ClNO3S2. The van der Waals surface area contributed by atoms with Gasteiger partial charge in [0.05, 0.1) is 17.4 Å². The van der Waals surface area contributed by atoms with Crippen LogP contribution in [0.15, 0.2) is 41.3 Å². The van der Waals surface area contributed by atoms with Crippen LogP contribution in [0.1, 0.15) is 22.1 Å². The predicted molar refractivity (Wildman–Crippen MR) is 103 cm³/mol.